The van der Waals surface area contributed by atoms with Crippen LogP contribution in [0.5, 0.6) is 0 Å². The van der Waals surface area contributed by atoms with Crippen molar-refractivity contribution in [2.75, 3.05) is 14.1 Å². The Morgan fingerprint density at radius 2 is 1.22 bits per heavy atom. The number of carbonyl (C=O) groups is 1. The van der Waals surface area contributed by atoms with Crippen molar-refractivity contribution in [3.05, 3.63) is 0 Å². The van der Waals surface area contributed by atoms with Crippen molar-refractivity contribution in [1.29, 1.82) is 0 Å². The van der Waals surface area contributed by atoms with E-state index in [0.717, 1.165) is 18.9 Å². The topological polar surface area (TPSA) is 40.5 Å². The van der Waals surface area contributed by atoms with E-state index in [9.17, 15) is 4.79 Å². The number of hydrogen-bond donors (Lipinski definition) is 1. The Morgan fingerprint density at radius 3 is 1.65 bits per heavy atom. The van der Waals surface area contributed by atoms with Crippen LogP contribution in [-0.2, 0) is 4.79 Å². The van der Waals surface area contributed by atoms with Crippen molar-refractivity contribution < 1.29 is 9.90 Å². The second-order valence-electron chi connectivity index (χ2n) is 7.23. The van der Waals surface area contributed by atoms with Crippen LogP contribution in [0.4, 0.5) is 0 Å². The average molecular weight is 328 g/mol. The summed E-state index contributed by atoms with van der Waals surface area (Å²) >= 11 is 0. The summed E-state index contributed by atoms with van der Waals surface area (Å²) in [7, 11) is 4.43. The molecule has 0 aromatic rings. The largest absolute Gasteiger partial charge is 0.481 e. The van der Waals surface area contributed by atoms with Gasteiger partial charge in [0.25, 0.3) is 0 Å². The molecular weight excluding hydrogens is 286 g/mol. The minimum Gasteiger partial charge on any atom is -0.481 e. The fraction of sp³-hybridized carbons (Fsp3) is 0.950. The van der Waals surface area contributed by atoms with Crippen LogP contribution in [0.2, 0.25) is 0 Å². The predicted octanol–water partition coefficient (Wildman–Crippen LogP) is 5.87. The second kappa shape index (κ2) is 16.3. The molecule has 1 unspecified atom stereocenters. The highest BCUT2D eigenvalue weighted by Gasteiger charge is 2.10. The maximum Gasteiger partial charge on any atom is 0.303 e. The summed E-state index contributed by atoms with van der Waals surface area (Å²) < 4.78 is 0. The zero-order chi connectivity index (χ0) is 17.3. The Labute approximate surface area is 144 Å². The summed E-state index contributed by atoms with van der Waals surface area (Å²) in [5.74, 6) is -0.659. The van der Waals surface area contributed by atoms with E-state index in [0.29, 0.717) is 6.42 Å². The van der Waals surface area contributed by atoms with E-state index < -0.39 is 5.97 Å². The van der Waals surface area contributed by atoms with Gasteiger partial charge in [-0.15, -0.1) is 0 Å². The molecule has 0 radical (unpaired) electrons. The molecule has 0 spiro atoms. The third-order valence-electron chi connectivity index (χ3n) is 4.80. The maximum atomic E-state index is 10.4. The zero-order valence-corrected chi connectivity index (χ0v) is 16.0. The first-order valence-electron chi connectivity index (χ1n) is 9.96. The highest BCUT2D eigenvalue weighted by Crippen LogP contribution is 2.17. The molecule has 0 aromatic heterocycles. The molecule has 0 aliphatic carbocycles. The first-order valence-corrected chi connectivity index (χ1v) is 9.96. The summed E-state index contributed by atoms with van der Waals surface area (Å²) in [5, 5.41) is 8.59. The number of carboxylic acids is 1. The van der Waals surface area contributed by atoms with Gasteiger partial charge < -0.3 is 10.0 Å². The first kappa shape index (κ1) is 22.4. The van der Waals surface area contributed by atoms with Gasteiger partial charge in [-0.2, -0.15) is 0 Å². The van der Waals surface area contributed by atoms with Gasteiger partial charge in [0.1, 0.15) is 0 Å². The molecular formula is C20H41NO2. The van der Waals surface area contributed by atoms with Crippen molar-refractivity contribution in [2.45, 2.75) is 109 Å². The van der Waals surface area contributed by atoms with Crippen molar-refractivity contribution in [1.82, 2.24) is 4.90 Å². The third-order valence-corrected chi connectivity index (χ3v) is 4.80. The molecule has 0 aromatic carbocycles. The minimum atomic E-state index is -0.659. The van der Waals surface area contributed by atoms with E-state index in [1.807, 2.05) is 0 Å². The van der Waals surface area contributed by atoms with Crippen LogP contribution in [-0.4, -0.2) is 36.1 Å². The molecule has 0 saturated heterocycles. The first-order chi connectivity index (χ1) is 11.1. The molecule has 1 atom stereocenters. The van der Waals surface area contributed by atoms with E-state index in [2.05, 4.69) is 25.9 Å². The summed E-state index contributed by atoms with van der Waals surface area (Å²) in [5.41, 5.74) is 0. The van der Waals surface area contributed by atoms with Crippen LogP contribution in [0.1, 0.15) is 103 Å². The van der Waals surface area contributed by atoms with Gasteiger partial charge in [-0.3, -0.25) is 4.79 Å². The lowest BCUT2D eigenvalue weighted by molar-refractivity contribution is -0.137. The Balaban J connectivity index is 3.51. The van der Waals surface area contributed by atoms with Crippen LogP contribution in [0.15, 0.2) is 0 Å². The third kappa shape index (κ3) is 16.1. The molecule has 0 heterocycles. The number of rotatable bonds is 17. The minimum absolute atomic E-state index is 0.334. The van der Waals surface area contributed by atoms with Gasteiger partial charge in [-0.1, -0.05) is 77.6 Å². The van der Waals surface area contributed by atoms with Crippen LogP contribution in [0, 0.1) is 0 Å². The SMILES string of the molecule is CCCCCCCCC(CCCCCCCCC(=O)O)N(C)C. The quantitative estimate of drug-likeness (QED) is 0.339. The normalized spacial score (nSPS) is 12.7. The van der Waals surface area contributed by atoms with Crippen molar-refractivity contribution >= 4 is 5.97 Å². The molecule has 3 heteroatoms. The van der Waals surface area contributed by atoms with Crippen LogP contribution in [0.25, 0.3) is 0 Å². The lowest BCUT2D eigenvalue weighted by Crippen LogP contribution is -2.27. The summed E-state index contributed by atoms with van der Waals surface area (Å²) in [6.45, 7) is 2.27. The average Bonchev–Trinajstić information content (AvgIpc) is 2.50. The van der Waals surface area contributed by atoms with E-state index in [1.54, 1.807) is 0 Å². The molecule has 138 valence electrons. The summed E-state index contributed by atoms with van der Waals surface area (Å²) in [6, 6.07) is 0.744. The smallest absolute Gasteiger partial charge is 0.303 e. The van der Waals surface area contributed by atoms with Crippen molar-refractivity contribution in [3.63, 3.8) is 0 Å². The molecule has 0 fully saturated rings. The summed E-state index contributed by atoms with van der Waals surface area (Å²) in [6.07, 6.45) is 18.3. The molecule has 1 N–H and O–H groups in total. The van der Waals surface area contributed by atoms with Gasteiger partial charge in [0.05, 0.1) is 0 Å². The van der Waals surface area contributed by atoms with Crippen molar-refractivity contribution in [2.24, 2.45) is 0 Å². The lowest BCUT2D eigenvalue weighted by Gasteiger charge is -2.24. The predicted molar refractivity (Wildman–Crippen MR) is 100 cm³/mol. The number of nitrogens with zero attached hydrogens (tertiary/aromatic N) is 1. The van der Waals surface area contributed by atoms with Gasteiger partial charge >= 0.3 is 5.97 Å². The van der Waals surface area contributed by atoms with E-state index in [1.165, 1.54) is 77.0 Å². The number of unbranched alkanes of at least 4 members (excludes halogenated alkanes) is 10. The second-order valence-corrected chi connectivity index (χ2v) is 7.23. The van der Waals surface area contributed by atoms with Gasteiger partial charge in [0.15, 0.2) is 0 Å². The Hall–Kier alpha value is -0.570. The monoisotopic (exact) mass is 327 g/mol. The molecule has 0 bridgehead atoms. The van der Waals surface area contributed by atoms with Crippen LogP contribution in [0.3, 0.4) is 0 Å². The van der Waals surface area contributed by atoms with Crippen LogP contribution >= 0.6 is 0 Å². The highest BCUT2D eigenvalue weighted by atomic mass is 16.4. The fourth-order valence-electron chi connectivity index (χ4n) is 3.18. The van der Waals surface area contributed by atoms with E-state index >= 15 is 0 Å². The standard InChI is InChI=1S/C20H41NO2/c1-4-5-6-7-10-13-16-19(21(2)3)17-14-11-8-9-12-15-18-20(22)23/h19H,4-18H2,1-3H3,(H,22,23). The lowest BCUT2D eigenvalue weighted by atomic mass is 9.99. The molecule has 0 aliphatic rings. The molecule has 3 nitrogen and oxygen atoms in total. The highest BCUT2D eigenvalue weighted by molar-refractivity contribution is 5.66. The van der Waals surface area contributed by atoms with E-state index in [-0.39, 0.29) is 0 Å². The Morgan fingerprint density at radius 1 is 0.783 bits per heavy atom. The van der Waals surface area contributed by atoms with Gasteiger partial charge in [-0.25, -0.2) is 0 Å². The molecule has 0 aliphatic heterocycles. The van der Waals surface area contributed by atoms with Gasteiger partial charge in [0, 0.05) is 12.5 Å². The Bertz CT molecular complexity index is 266. The van der Waals surface area contributed by atoms with Crippen molar-refractivity contribution in [3.8, 4) is 0 Å². The molecule has 0 saturated carbocycles. The summed E-state index contributed by atoms with van der Waals surface area (Å²) in [4.78, 5) is 12.8. The number of aliphatic carboxylic acids is 1. The molecule has 0 amide bonds. The van der Waals surface area contributed by atoms with Gasteiger partial charge in [-0.05, 0) is 33.4 Å². The number of carboxylic acid groups (broad SMARTS) is 1. The van der Waals surface area contributed by atoms with Crippen LogP contribution < -0.4 is 0 Å². The zero-order valence-electron chi connectivity index (χ0n) is 16.0. The number of hydrogen-bond acceptors (Lipinski definition) is 2. The fourth-order valence-corrected chi connectivity index (χ4v) is 3.18. The maximum absolute atomic E-state index is 10.4. The van der Waals surface area contributed by atoms with Gasteiger partial charge in [0.2, 0.25) is 0 Å². The molecule has 23 heavy (non-hydrogen) atoms. The molecule has 0 rings (SSSR count). The Kier molecular flexibility index (Phi) is 15.9. The van der Waals surface area contributed by atoms with E-state index in [4.69, 9.17) is 5.11 Å².